The first kappa shape index (κ1) is 13.0. The highest BCUT2D eigenvalue weighted by atomic mass is 16.5. The number of hydrogen-bond acceptors (Lipinski definition) is 4. The molecule has 1 aliphatic heterocycles. The number of methoxy groups -OCH3 is 1. The summed E-state index contributed by atoms with van der Waals surface area (Å²) in [6.45, 7) is 5.40. The molecular formula is C14H23N3O. The van der Waals surface area contributed by atoms with Crippen LogP contribution in [0.3, 0.4) is 0 Å². The molecule has 0 saturated carbocycles. The Hall–Kier alpha value is -1.42. The molecule has 1 heterocycles. The van der Waals surface area contributed by atoms with Crippen LogP contribution < -0.4 is 15.4 Å². The molecule has 0 aromatic heterocycles. The number of benzene rings is 1. The maximum atomic E-state index is 6.11. The summed E-state index contributed by atoms with van der Waals surface area (Å²) in [5.74, 6) is 0.817. The number of rotatable bonds is 3. The monoisotopic (exact) mass is 249 g/mol. The quantitative estimate of drug-likeness (QED) is 0.830. The number of likely N-dealkylation sites (N-methyl/N-ethyl adjacent to an activating group) is 1. The lowest BCUT2D eigenvalue weighted by Crippen LogP contribution is -2.51. The average molecular weight is 249 g/mol. The summed E-state index contributed by atoms with van der Waals surface area (Å²) >= 11 is 0. The van der Waals surface area contributed by atoms with Gasteiger partial charge in [-0.05, 0) is 25.6 Å². The van der Waals surface area contributed by atoms with E-state index in [-0.39, 0.29) is 0 Å². The van der Waals surface area contributed by atoms with Crippen LogP contribution in [0.15, 0.2) is 18.2 Å². The number of piperazine rings is 1. The van der Waals surface area contributed by atoms with Gasteiger partial charge in [0.25, 0.3) is 0 Å². The first-order chi connectivity index (χ1) is 8.65. The van der Waals surface area contributed by atoms with Crippen molar-refractivity contribution in [3.63, 3.8) is 0 Å². The summed E-state index contributed by atoms with van der Waals surface area (Å²) in [7, 11) is 3.86. The number of anilines is 2. The summed E-state index contributed by atoms with van der Waals surface area (Å²) in [6, 6.07) is 6.55. The van der Waals surface area contributed by atoms with Crippen molar-refractivity contribution in [1.29, 1.82) is 0 Å². The number of ether oxygens (including phenoxy) is 1. The Morgan fingerprint density at radius 2 is 2.17 bits per heavy atom. The van der Waals surface area contributed by atoms with E-state index in [1.54, 1.807) is 7.11 Å². The first-order valence-electron chi connectivity index (χ1n) is 6.54. The predicted molar refractivity (Wildman–Crippen MR) is 76.3 cm³/mol. The van der Waals surface area contributed by atoms with Crippen LogP contribution in [0.4, 0.5) is 11.4 Å². The van der Waals surface area contributed by atoms with Gasteiger partial charge in [0.05, 0.1) is 18.5 Å². The molecule has 2 N–H and O–H groups in total. The summed E-state index contributed by atoms with van der Waals surface area (Å²) in [5.41, 5.74) is 8.04. The second-order valence-electron chi connectivity index (χ2n) is 4.91. The van der Waals surface area contributed by atoms with Crippen LogP contribution in [0.1, 0.15) is 13.3 Å². The van der Waals surface area contributed by atoms with E-state index >= 15 is 0 Å². The molecule has 18 heavy (non-hydrogen) atoms. The van der Waals surface area contributed by atoms with Crippen molar-refractivity contribution < 1.29 is 4.74 Å². The minimum Gasteiger partial charge on any atom is -0.497 e. The van der Waals surface area contributed by atoms with E-state index in [1.165, 1.54) is 6.42 Å². The van der Waals surface area contributed by atoms with Crippen LogP contribution in [0.25, 0.3) is 0 Å². The molecule has 1 unspecified atom stereocenters. The molecule has 1 aromatic rings. The Morgan fingerprint density at radius 1 is 1.39 bits per heavy atom. The maximum Gasteiger partial charge on any atom is 0.121 e. The number of nitrogen functional groups attached to an aromatic ring is 1. The lowest BCUT2D eigenvalue weighted by Gasteiger charge is -2.40. The second kappa shape index (κ2) is 5.48. The van der Waals surface area contributed by atoms with E-state index in [4.69, 9.17) is 10.5 Å². The molecule has 0 aliphatic carbocycles. The fourth-order valence-electron chi connectivity index (χ4n) is 2.55. The third-order valence-electron chi connectivity index (χ3n) is 3.82. The molecule has 0 spiro atoms. The molecule has 0 radical (unpaired) electrons. The van der Waals surface area contributed by atoms with Crippen LogP contribution in [0, 0.1) is 0 Å². The van der Waals surface area contributed by atoms with E-state index in [1.807, 2.05) is 12.1 Å². The van der Waals surface area contributed by atoms with Gasteiger partial charge in [0.1, 0.15) is 5.75 Å². The van der Waals surface area contributed by atoms with Gasteiger partial charge in [-0.15, -0.1) is 0 Å². The minimum absolute atomic E-state index is 0.611. The van der Waals surface area contributed by atoms with E-state index in [9.17, 15) is 0 Å². The summed E-state index contributed by atoms with van der Waals surface area (Å²) < 4.78 is 5.19. The smallest absolute Gasteiger partial charge is 0.121 e. The van der Waals surface area contributed by atoms with Crippen LogP contribution in [-0.2, 0) is 0 Å². The van der Waals surface area contributed by atoms with Gasteiger partial charge in [-0.1, -0.05) is 6.92 Å². The lowest BCUT2D eigenvalue weighted by molar-refractivity contribution is 0.213. The van der Waals surface area contributed by atoms with Crippen molar-refractivity contribution in [2.45, 2.75) is 19.4 Å². The summed E-state index contributed by atoms with van der Waals surface area (Å²) in [4.78, 5) is 4.80. The van der Waals surface area contributed by atoms with Crippen molar-refractivity contribution in [1.82, 2.24) is 4.90 Å². The highest BCUT2D eigenvalue weighted by Gasteiger charge is 2.23. The van der Waals surface area contributed by atoms with Crippen molar-refractivity contribution in [2.75, 3.05) is 44.4 Å². The Morgan fingerprint density at radius 3 is 2.78 bits per heavy atom. The van der Waals surface area contributed by atoms with Crippen LogP contribution >= 0.6 is 0 Å². The van der Waals surface area contributed by atoms with Crippen molar-refractivity contribution in [2.24, 2.45) is 0 Å². The van der Waals surface area contributed by atoms with Gasteiger partial charge in [-0.25, -0.2) is 0 Å². The number of nitrogens with two attached hydrogens (primary N) is 1. The molecule has 4 nitrogen and oxygen atoms in total. The lowest BCUT2D eigenvalue weighted by atomic mass is 10.1. The molecule has 1 aliphatic rings. The van der Waals surface area contributed by atoms with Gasteiger partial charge < -0.3 is 15.4 Å². The van der Waals surface area contributed by atoms with Crippen LogP contribution in [0.5, 0.6) is 5.75 Å². The van der Waals surface area contributed by atoms with Gasteiger partial charge >= 0.3 is 0 Å². The van der Waals surface area contributed by atoms with E-state index < -0.39 is 0 Å². The third-order valence-corrected chi connectivity index (χ3v) is 3.82. The van der Waals surface area contributed by atoms with E-state index in [2.05, 4.69) is 29.8 Å². The Labute approximate surface area is 109 Å². The fourth-order valence-corrected chi connectivity index (χ4v) is 2.55. The van der Waals surface area contributed by atoms with Crippen molar-refractivity contribution >= 4 is 11.4 Å². The Bertz CT molecular complexity index is 408. The van der Waals surface area contributed by atoms with Gasteiger partial charge in [0.2, 0.25) is 0 Å². The SMILES string of the molecule is CCC1CN(c2ccc(OC)cc2N)CCN1C. The molecule has 1 saturated heterocycles. The zero-order valence-electron chi connectivity index (χ0n) is 11.5. The number of nitrogens with zero attached hydrogens (tertiary/aromatic N) is 2. The summed E-state index contributed by atoms with van der Waals surface area (Å²) in [6.07, 6.45) is 1.17. The van der Waals surface area contributed by atoms with Gasteiger partial charge in [0.15, 0.2) is 0 Å². The highest BCUT2D eigenvalue weighted by Crippen LogP contribution is 2.29. The topological polar surface area (TPSA) is 41.7 Å². The first-order valence-corrected chi connectivity index (χ1v) is 6.54. The molecule has 4 heteroatoms. The van der Waals surface area contributed by atoms with Crippen molar-refractivity contribution in [3.05, 3.63) is 18.2 Å². The molecule has 1 atom stereocenters. The van der Waals surface area contributed by atoms with Gasteiger partial charge in [0, 0.05) is 31.7 Å². The molecule has 2 rings (SSSR count). The zero-order chi connectivity index (χ0) is 13.1. The normalized spacial score (nSPS) is 21.1. The second-order valence-corrected chi connectivity index (χ2v) is 4.91. The zero-order valence-corrected chi connectivity index (χ0v) is 11.5. The molecule has 100 valence electrons. The van der Waals surface area contributed by atoms with E-state index in [0.29, 0.717) is 6.04 Å². The van der Waals surface area contributed by atoms with Gasteiger partial charge in [-0.3, -0.25) is 4.90 Å². The molecular weight excluding hydrogens is 226 g/mol. The third kappa shape index (κ3) is 2.53. The maximum absolute atomic E-state index is 6.11. The highest BCUT2D eigenvalue weighted by molar-refractivity contribution is 5.69. The molecule has 0 amide bonds. The average Bonchev–Trinajstić information content (AvgIpc) is 2.39. The van der Waals surface area contributed by atoms with E-state index in [0.717, 1.165) is 36.8 Å². The Kier molecular flexibility index (Phi) is 3.97. The van der Waals surface area contributed by atoms with Crippen LogP contribution in [0.2, 0.25) is 0 Å². The van der Waals surface area contributed by atoms with Crippen molar-refractivity contribution in [3.8, 4) is 5.75 Å². The molecule has 1 aromatic carbocycles. The van der Waals surface area contributed by atoms with Crippen LogP contribution in [-0.4, -0.2) is 44.7 Å². The fraction of sp³-hybridized carbons (Fsp3) is 0.571. The number of hydrogen-bond donors (Lipinski definition) is 1. The Balaban J connectivity index is 2.16. The predicted octanol–water partition coefficient (Wildman–Crippen LogP) is 1.81. The summed E-state index contributed by atoms with van der Waals surface area (Å²) in [5, 5.41) is 0. The standard InChI is InChI=1S/C14H23N3O/c1-4-11-10-17(8-7-16(11)2)14-6-5-12(18-3)9-13(14)15/h5-6,9,11H,4,7-8,10,15H2,1-3H3. The molecule has 0 bridgehead atoms. The largest absolute Gasteiger partial charge is 0.497 e. The molecule has 1 fully saturated rings. The minimum atomic E-state index is 0.611. The van der Waals surface area contributed by atoms with Gasteiger partial charge in [-0.2, -0.15) is 0 Å².